The van der Waals surface area contributed by atoms with Gasteiger partial charge in [0.2, 0.25) is 0 Å². The Balaban J connectivity index is 1.92. The van der Waals surface area contributed by atoms with Gasteiger partial charge in [0.1, 0.15) is 5.82 Å². The summed E-state index contributed by atoms with van der Waals surface area (Å²) in [5.74, 6) is 2.53. The summed E-state index contributed by atoms with van der Waals surface area (Å²) in [7, 11) is 1.84. The van der Waals surface area contributed by atoms with Crippen LogP contribution < -0.4 is 5.32 Å². The van der Waals surface area contributed by atoms with Crippen LogP contribution in [0.25, 0.3) is 0 Å². The summed E-state index contributed by atoms with van der Waals surface area (Å²) in [6.45, 7) is 7.08. The highest BCUT2D eigenvalue weighted by molar-refractivity contribution is 5.79. The van der Waals surface area contributed by atoms with Crippen molar-refractivity contribution in [3.8, 4) is 0 Å². The molecule has 19 heavy (non-hydrogen) atoms. The first-order chi connectivity index (χ1) is 9.19. The predicted octanol–water partition coefficient (Wildman–Crippen LogP) is 1.59. The molecule has 1 aromatic heterocycles. The van der Waals surface area contributed by atoms with Gasteiger partial charge < -0.3 is 10.2 Å². The Morgan fingerprint density at radius 1 is 1.58 bits per heavy atom. The largest absolute Gasteiger partial charge is 0.351 e. The molecular formula is C14H23N5. The molecule has 1 unspecified atom stereocenters. The Hall–Kier alpha value is -1.65. The zero-order valence-electron chi connectivity index (χ0n) is 12.1. The third-order valence-electron chi connectivity index (χ3n) is 3.43. The van der Waals surface area contributed by atoms with Crippen LogP contribution in [0.1, 0.15) is 31.3 Å². The number of guanidine groups is 1. The van der Waals surface area contributed by atoms with Gasteiger partial charge >= 0.3 is 0 Å². The molecule has 0 radical (unpaired) electrons. The molecule has 0 bridgehead atoms. The normalized spacial score (nSPS) is 20.5. The maximum absolute atomic E-state index is 4.39. The first-order valence-electron chi connectivity index (χ1n) is 6.93. The van der Waals surface area contributed by atoms with Gasteiger partial charge in [-0.3, -0.25) is 4.99 Å². The molecule has 1 saturated heterocycles. The minimum atomic E-state index is 0.695. The van der Waals surface area contributed by atoms with Crippen molar-refractivity contribution in [1.82, 2.24) is 20.2 Å². The van der Waals surface area contributed by atoms with Crippen molar-refractivity contribution in [3.05, 3.63) is 23.8 Å². The van der Waals surface area contributed by atoms with E-state index in [2.05, 4.69) is 32.1 Å². The first kappa shape index (κ1) is 13.8. The van der Waals surface area contributed by atoms with Crippen LogP contribution in [0.2, 0.25) is 0 Å². The number of nitrogens with one attached hydrogen (secondary N) is 1. The van der Waals surface area contributed by atoms with E-state index >= 15 is 0 Å². The van der Waals surface area contributed by atoms with Crippen LogP contribution in [0, 0.1) is 12.8 Å². The number of piperidine rings is 1. The Labute approximate surface area is 115 Å². The molecular weight excluding hydrogens is 238 g/mol. The average molecular weight is 261 g/mol. The quantitative estimate of drug-likeness (QED) is 0.649. The Kier molecular flexibility index (Phi) is 4.71. The molecule has 104 valence electrons. The third kappa shape index (κ3) is 3.91. The van der Waals surface area contributed by atoms with Crippen molar-refractivity contribution in [1.29, 1.82) is 0 Å². The SMILES string of the molecule is CN=C(NCc1ccnc(C)n1)N1CCCC(C)C1. The van der Waals surface area contributed by atoms with Gasteiger partial charge in [-0.2, -0.15) is 0 Å². The second-order valence-electron chi connectivity index (χ2n) is 5.19. The van der Waals surface area contributed by atoms with Gasteiger partial charge in [0.25, 0.3) is 0 Å². The van der Waals surface area contributed by atoms with Crippen molar-refractivity contribution >= 4 is 5.96 Å². The molecule has 5 nitrogen and oxygen atoms in total. The summed E-state index contributed by atoms with van der Waals surface area (Å²) >= 11 is 0. The fraction of sp³-hybridized carbons (Fsp3) is 0.643. The predicted molar refractivity (Wildman–Crippen MR) is 76.9 cm³/mol. The van der Waals surface area contributed by atoms with Crippen LogP contribution in [-0.2, 0) is 6.54 Å². The van der Waals surface area contributed by atoms with Crippen LogP contribution in [0.5, 0.6) is 0 Å². The van der Waals surface area contributed by atoms with Gasteiger partial charge in [-0.25, -0.2) is 9.97 Å². The van der Waals surface area contributed by atoms with Crippen LogP contribution in [-0.4, -0.2) is 41.0 Å². The highest BCUT2D eigenvalue weighted by Crippen LogP contribution is 2.15. The smallest absolute Gasteiger partial charge is 0.193 e. The summed E-state index contributed by atoms with van der Waals surface area (Å²) in [5, 5.41) is 3.39. The lowest BCUT2D eigenvalue weighted by atomic mass is 10.0. The lowest BCUT2D eigenvalue weighted by Crippen LogP contribution is -2.46. The molecule has 2 heterocycles. The van der Waals surface area contributed by atoms with E-state index in [1.165, 1.54) is 12.8 Å². The number of rotatable bonds is 2. The summed E-state index contributed by atoms with van der Waals surface area (Å²) in [6.07, 6.45) is 4.36. The van der Waals surface area contributed by atoms with Gasteiger partial charge in [0.15, 0.2) is 5.96 Å². The van der Waals surface area contributed by atoms with E-state index in [0.29, 0.717) is 6.54 Å². The molecule has 1 atom stereocenters. The van der Waals surface area contributed by atoms with E-state index in [1.54, 1.807) is 6.20 Å². The number of aromatic nitrogens is 2. The van der Waals surface area contributed by atoms with Gasteiger partial charge in [0, 0.05) is 26.3 Å². The molecule has 1 aromatic rings. The van der Waals surface area contributed by atoms with Gasteiger partial charge in [0.05, 0.1) is 12.2 Å². The van der Waals surface area contributed by atoms with E-state index in [-0.39, 0.29) is 0 Å². The average Bonchev–Trinajstić information content (AvgIpc) is 2.40. The number of hydrogen-bond acceptors (Lipinski definition) is 3. The fourth-order valence-electron chi connectivity index (χ4n) is 2.49. The van der Waals surface area contributed by atoms with Gasteiger partial charge in [-0.1, -0.05) is 6.92 Å². The second kappa shape index (κ2) is 6.50. The van der Waals surface area contributed by atoms with E-state index in [4.69, 9.17) is 0 Å². The number of nitrogens with zero attached hydrogens (tertiary/aromatic N) is 4. The molecule has 1 aliphatic rings. The molecule has 0 saturated carbocycles. The van der Waals surface area contributed by atoms with E-state index in [9.17, 15) is 0 Å². The number of hydrogen-bond donors (Lipinski definition) is 1. The van der Waals surface area contributed by atoms with E-state index in [0.717, 1.165) is 36.5 Å². The number of likely N-dealkylation sites (tertiary alicyclic amines) is 1. The minimum Gasteiger partial charge on any atom is -0.351 e. The highest BCUT2D eigenvalue weighted by Gasteiger charge is 2.18. The third-order valence-corrected chi connectivity index (χ3v) is 3.43. The van der Waals surface area contributed by atoms with Crippen LogP contribution in [0.3, 0.4) is 0 Å². The Morgan fingerprint density at radius 2 is 2.42 bits per heavy atom. The van der Waals surface area contributed by atoms with Crippen molar-refractivity contribution in [2.45, 2.75) is 33.2 Å². The molecule has 1 N–H and O–H groups in total. The maximum Gasteiger partial charge on any atom is 0.193 e. The van der Waals surface area contributed by atoms with Gasteiger partial charge in [-0.15, -0.1) is 0 Å². The number of aliphatic imine (C=N–C) groups is 1. The van der Waals surface area contributed by atoms with Crippen molar-refractivity contribution < 1.29 is 0 Å². The summed E-state index contributed by atoms with van der Waals surface area (Å²) in [5.41, 5.74) is 0.999. The number of aryl methyl sites for hydroxylation is 1. The lowest BCUT2D eigenvalue weighted by molar-refractivity contribution is 0.266. The van der Waals surface area contributed by atoms with E-state index < -0.39 is 0 Å². The summed E-state index contributed by atoms with van der Waals surface area (Å²) in [6, 6.07) is 1.94. The first-order valence-corrected chi connectivity index (χ1v) is 6.93. The lowest BCUT2D eigenvalue weighted by Gasteiger charge is -2.33. The standard InChI is InChI=1S/C14H23N5/c1-11-5-4-8-19(10-11)14(15-3)17-9-13-6-7-16-12(2)18-13/h6-7,11H,4-5,8-10H2,1-3H3,(H,15,17). The highest BCUT2D eigenvalue weighted by atomic mass is 15.3. The molecule has 0 aliphatic carbocycles. The Bertz CT molecular complexity index is 443. The van der Waals surface area contributed by atoms with Crippen LogP contribution in [0.15, 0.2) is 17.3 Å². The van der Waals surface area contributed by atoms with Crippen molar-refractivity contribution in [2.24, 2.45) is 10.9 Å². The van der Waals surface area contributed by atoms with Crippen LogP contribution >= 0.6 is 0 Å². The summed E-state index contributed by atoms with van der Waals surface area (Å²) < 4.78 is 0. The van der Waals surface area contributed by atoms with Crippen molar-refractivity contribution in [2.75, 3.05) is 20.1 Å². The molecule has 2 rings (SSSR count). The minimum absolute atomic E-state index is 0.695. The Morgan fingerprint density at radius 3 is 3.11 bits per heavy atom. The van der Waals surface area contributed by atoms with Crippen molar-refractivity contribution in [3.63, 3.8) is 0 Å². The molecule has 1 fully saturated rings. The fourth-order valence-corrected chi connectivity index (χ4v) is 2.49. The molecule has 0 amide bonds. The second-order valence-corrected chi connectivity index (χ2v) is 5.19. The van der Waals surface area contributed by atoms with Gasteiger partial charge in [-0.05, 0) is 31.7 Å². The zero-order valence-corrected chi connectivity index (χ0v) is 12.1. The molecule has 5 heteroatoms. The molecule has 1 aliphatic heterocycles. The maximum atomic E-state index is 4.39. The monoisotopic (exact) mass is 261 g/mol. The molecule has 0 spiro atoms. The topological polar surface area (TPSA) is 53.4 Å². The van der Waals surface area contributed by atoms with E-state index in [1.807, 2.05) is 20.0 Å². The zero-order chi connectivity index (χ0) is 13.7. The van der Waals surface area contributed by atoms with Crippen LogP contribution in [0.4, 0.5) is 0 Å². The molecule has 0 aromatic carbocycles. The summed E-state index contributed by atoms with van der Waals surface area (Å²) in [4.78, 5) is 15.2.